The number of benzene rings is 1. The first kappa shape index (κ1) is 14.3. The van der Waals surface area contributed by atoms with E-state index in [4.69, 9.17) is 4.74 Å². The van der Waals surface area contributed by atoms with E-state index in [1.165, 1.54) is 12.1 Å². The maximum absolute atomic E-state index is 13.1. The van der Waals surface area contributed by atoms with Crippen LogP contribution < -0.4 is 10.1 Å². The van der Waals surface area contributed by atoms with Crippen LogP contribution in [-0.2, 0) is 4.79 Å². The molecule has 5 heteroatoms. The lowest BCUT2D eigenvalue weighted by atomic mass is 10.2. The van der Waals surface area contributed by atoms with Crippen molar-refractivity contribution >= 4 is 21.8 Å². The molecule has 1 atom stereocenters. The minimum atomic E-state index is -0.640. The molecule has 1 aliphatic carbocycles. The van der Waals surface area contributed by atoms with E-state index in [-0.39, 0.29) is 17.8 Å². The van der Waals surface area contributed by atoms with Gasteiger partial charge >= 0.3 is 0 Å². The summed E-state index contributed by atoms with van der Waals surface area (Å²) in [4.78, 5) is 12.0. The number of carbonyl (C=O) groups is 1. The van der Waals surface area contributed by atoms with E-state index >= 15 is 0 Å². The maximum atomic E-state index is 13.1. The molecule has 3 nitrogen and oxygen atoms in total. The Morgan fingerprint density at radius 2 is 2.16 bits per heavy atom. The molecule has 1 aromatic rings. The Hall–Kier alpha value is -1.10. The van der Waals surface area contributed by atoms with Crippen molar-refractivity contribution in [2.24, 2.45) is 0 Å². The minimum absolute atomic E-state index is 0.150. The van der Waals surface area contributed by atoms with Gasteiger partial charge in [-0.2, -0.15) is 0 Å². The zero-order chi connectivity index (χ0) is 13.8. The zero-order valence-electron chi connectivity index (χ0n) is 10.8. The molecule has 0 spiro atoms. The molecule has 1 saturated carbocycles. The lowest BCUT2D eigenvalue weighted by molar-refractivity contribution is -0.128. The van der Waals surface area contributed by atoms with E-state index in [0.29, 0.717) is 10.2 Å². The van der Waals surface area contributed by atoms with Gasteiger partial charge in [-0.25, -0.2) is 4.39 Å². The van der Waals surface area contributed by atoms with E-state index in [1.807, 2.05) is 0 Å². The molecule has 0 bridgehead atoms. The first-order valence-electron chi connectivity index (χ1n) is 6.48. The minimum Gasteiger partial charge on any atom is -0.480 e. The molecule has 104 valence electrons. The predicted molar refractivity (Wildman–Crippen MR) is 74.6 cm³/mol. The summed E-state index contributed by atoms with van der Waals surface area (Å²) >= 11 is 3.27. The van der Waals surface area contributed by atoms with Gasteiger partial charge in [0.2, 0.25) is 0 Å². The van der Waals surface area contributed by atoms with E-state index in [0.717, 1.165) is 25.7 Å². The molecular formula is C14H17BrFNO2. The fourth-order valence-electron chi connectivity index (χ4n) is 2.20. The van der Waals surface area contributed by atoms with Crippen LogP contribution in [0.3, 0.4) is 0 Å². The third-order valence-electron chi connectivity index (χ3n) is 3.27. The van der Waals surface area contributed by atoms with Crippen LogP contribution in [0.25, 0.3) is 0 Å². The van der Waals surface area contributed by atoms with Gasteiger partial charge in [0.1, 0.15) is 11.6 Å². The van der Waals surface area contributed by atoms with Crippen molar-refractivity contribution in [3.8, 4) is 5.75 Å². The van der Waals surface area contributed by atoms with E-state index in [2.05, 4.69) is 21.2 Å². The second-order valence-electron chi connectivity index (χ2n) is 4.82. The van der Waals surface area contributed by atoms with Crippen LogP contribution in [0.15, 0.2) is 22.7 Å². The van der Waals surface area contributed by atoms with Crippen LogP contribution in [-0.4, -0.2) is 18.1 Å². The smallest absolute Gasteiger partial charge is 0.260 e. The highest BCUT2D eigenvalue weighted by atomic mass is 79.9. The van der Waals surface area contributed by atoms with Crippen LogP contribution >= 0.6 is 15.9 Å². The van der Waals surface area contributed by atoms with E-state index in [9.17, 15) is 9.18 Å². The summed E-state index contributed by atoms with van der Waals surface area (Å²) in [5.74, 6) is -0.196. The number of halogens is 2. The quantitative estimate of drug-likeness (QED) is 0.919. The summed E-state index contributed by atoms with van der Waals surface area (Å²) in [7, 11) is 0. The Morgan fingerprint density at radius 1 is 1.47 bits per heavy atom. The fraction of sp³-hybridized carbons (Fsp3) is 0.500. The highest BCUT2D eigenvalue weighted by Gasteiger charge is 2.22. The number of carbonyl (C=O) groups excluding carboxylic acids is 1. The largest absolute Gasteiger partial charge is 0.480 e. The summed E-state index contributed by atoms with van der Waals surface area (Å²) in [6, 6.07) is 4.42. The fourth-order valence-corrected chi connectivity index (χ4v) is 2.54. The topological polar surface area (TPSA) is 38.3 Å². The maximum Gasteiger partial charge on any atom is 0.260 e. The Kier molecular flexibility index (Phi) is 4.80. The van der Waals surface area contributed by atoms with Crippen LogP contribution in [0.4, 0.5) is 4.39 Å². The summed E-state index contributed by atoms with van der Waals surface area (Å²) in [5, 5.41) is 2.96. The Balaban J connectivity index is 1.93. The molecule has 1 aliphatic rings. The number of rotatable bonds is 4. The van der Waals surface area contributed by atoms with Crippen LogP contribution in [0.1, 0.15) is 32.6 Å². The lowest BCUT2D eigenvalue weighted by Gasteiger charge is -2.18. The standard InChI is InChI=1S/C14H17BrFNO2/c1-9(14(18)17-11-4-2-3-5-11)19-13-8-10(16)6-7-12(13)15/h6-9,11H,2-5H2,1H3,(H,17,18). The second kappa shape index (κ2) is 6.37. The van der Waals surface area contributed by atoms with E-state index < -0.39 is 6.10 Å². The highest BCUT2D eigenvalue weighted by Crippen LogP contribution is 2.26. The van der Waals surface area contributed by atoms with Gasteiger partial charge in [0.25, 0.3) is 5.91 Å². The number of hydrogen-bond acceptors (Lipinski definition) is 2. The molecule has 0 aromatic heterocycles. The number of amides is 1. The molecule has 1 aromatic carbocycles. The average molecular weight is 330 g/mol. The van der Waals surface area contributed by atoms with Gasteiger partial charge in [-0.05, 0) is 47.8 Å². The molecule has 1 N–H and O–H groups in total. The summed E-state index contributed by atoms with van der Waals surface area (Å²) in [5.41, 5.74) is 0. The summed E-state index contributed by atoms with van der Waals surface area (Å²) < 4.78 is 19.3. The van der Waals surface area contributed by atoms with Gasteiger partial charge in [0, 0.05) is 12.1 Å². The van der Waals surface area contributed by atoms with Crippen molar-refractivity contribution in [3.63, 3.8) is 0 Å². The third-order valence-corrected chi connectivity index (χ3v) is 3.92. The molecule has 0 radical (unpaired) electrons. The first-order chi connectivity index (χ1) is 9.06. The second-order valence-corrected chi connectivity index (χ2v) is 5.68. The molecule has 0 heterocycles. The van der Waals surface area contributed by atoms with Crippen molar-refractivity contribution in [2.75, 3.05) is 0 Å². The highest BCUT2D eigenvalue weighted by molar-refractivity contribution is 9.10. The van der Waals surface area contributed by atoms with Crippen molar-refractivity contribution < 1.29 is 13.9 Å². The molecular weight excluding hydrogens is 313 g/mol. The van der Waals surface area contributed by atoms with Gasteiger partial charge in [-0.1, -0.05) is 12.8 Å². The lowest BCUT2D eigenvalue weighted by Crippen LogP contribution is -2.41. The number of ether oxygens (including phenoxy) is 1. The average Bonchev–Trinajstić information content (AvgIpc) is 2.86. The van der Waals surface area contributed by atoms with E-state index in [1.54, 1.807) is 13.0 Å². The van der Waals surface area contributed by atoms with Gasteiger partial charge < -0.3 is 10.1 Å². The van der Waals surface area contributed by atoms with Gasteiger partial charge in [-0.15, -0.1) is 0 Å². The normalized spacial score (nSPS) is 17.2. The SMILES string of the molecule is CC(Oc1cc(F)ccc1Br)C(=O)NC1CCCC1. The molecule has 1 fully saturated rings. The van der Waals surface area contributed by atoms with Gasteiger partial charge in [-0.3, -0.25) is 4.79 Å². The Bertz CT molecular complexity index is 461. The molecule has 0 aliphatic heterocycles. The van der Waals surface area contributed by atoms with Gasteiger partial charge in [0.05, 0.1) is 4.47 Å². The molecule has 1 amide bonds. The number of nitrogens with one attached hydrogen (secondary N) is 1. The molecule has 2 rings (SSSR count). The molecule has 19 heavy (non-hydrogen) atoms. The summed E-state index contributed by atoms with van der Waals surface area (Å²) in [6.45, 7) is 1.67. The van der Waals surface area contributed by atoms with Crippen molar-refractivity contribution in [2.45, 2.75) is 44.8 Å². The van der Waals surface area contributed by atoms with Crippen molar-refractivity contribution in [1.29, 1.82) is 0 Å². The predicted octanol–water partition coefficient (Wildman–Crippen LogP) is 3.41. The van der Waals surface area contributed by atoms with Crippen LogP contribution in [0, 0.1) is 5.82 Å². The van der Waals surface area contributed by atoms with Crippen molar-refractivity contribution in [3.05, 3.63) is 28.5 Å². The Labute approximate surface area is 120 Å². The first-order valence-corrected chi connectivity index (χ1v) is 7.27. The molecule has 0 saturated heterocycles. The monoisotopic (exact) mass is 329 g/mol. The van der Waals surface area contributed by atoms with Gasteiger partial charge in [0.15, 0.2) is 6.10 Å². The van der Waals surface area contributed by atoms with Crippen LogP contribution in [0.2, 0.25) is 0 Å². The van der Waals surface area contributed by atoms with Crippen LogP contribution in [0.5, 0.6) is 5.75 Å². The molecule has 1 unspecified atom stereocenters. The van der Waals surface area contributed by atoms with Crippen molar-refractivity contribution in [1.82, 2.24) is 5.32 Å². The Morgan fingerprint density at radius 3 is 2.84 bits per heavy atom. The summed E-state index contributed by atoms with van der Waals surface area (Å²) in [6.07, 6.45) is 3.74. The number of hydrogen-bond donors (Lipinski definition) is 1. The third kappa shape index (κ3) is 3.93. The zero-order valence-corrected chi connectivity index (χ0v) is 12.4.